The molecule has 1 unspecified atom stereocenters. The molecule has 0 fully saturated rings. The maximum absolute atomic E-state index is 14.7. The molecule has 3 nitrogen and oxygen atoms in total. The lowest BCUT2D eigenvalue weighted by Crippen LogP contribution is -2.53. The molecule has 0 bridgehead atoms. The van der Waals surface area contributed by atoms with E-state index >= 15 is 0 Å². The average Bonchev–Trinajstić information content (AvgIpc) is 3.19. The number of rotatable bonds is 5. The zero-order chi connectivity index (χ0) is 24.6. The number of aliphatic hydroxyl groups is 1. The van der Waals surface area contributed by atoms with Crippen LogP contribution >= 0.6 is 0 Å². The van der Waals surface area contributed by atoms with Gasteiger partial charge in [-0.25, -0.2) is 0 Å². The van der Waals surface area contributed by atoms with Crippen molar-refractivity contribution in [1.82, 2.24) is 0 Å². The molecule has 0 radical (unpaired) electrons. The second kappa shape index (κ2) is 8.63. The summed E-state index contributed by atoms with van der Waals surface area (Å²) in [5.41, 5.74) is 1.78. The van der Waals surface area contributed by atoms with Crippen molar-refractivity contribution in [2.45, 2.75) is 11.1 Å². The Morgan fingerprint density at radius 1 is 0.528 bits per heavy atom. The minimum absolute atomic E-state index is 0.383. The highest BCUT2D eigenvalue weighted by Crippen LogP contribution is 2.53. The van der Waals surface area contributed by atoms with Gasteiger partial charge in [0.2, 0.25) is 0 Å². The van der Waals surface area contributed by atoms with Gasteiger partial charge in [0.25, 0.3) is 5.91 Å². The molecule has 3 heteroatoms. The molecule has 0 saturated heterocycles. The van der Waals surface area contributed by atoms with Crippen LogP contribution in [0.15, 0.2) is 146 Å². The van der Waals surface area contributed by atoms with Crippen LogP contribution in [0.1, 0.15) is 27.8 Å². The lowest BCUT2D eigenvalue weighted by molar-refractivity contribution is -0.133. The summed E-state index contributed by atoms with van der Waals surface area (Å²) in [6.07, 6.45) is 0. The fraction of sp³-hybridized carbons (Fsp3) is 0.0606. The number of benzene rings is 5. The molecule has 0 spiro atoms. The van der Waals surface area contributed by atoms with E-state index in [9.17, 15) is 9.90 Å². The average molecular weight is 468 g/mol. The first-order chi connectivity index (χ1) is 17.7. The third kappa shape index (κ3) is 3.07. The number of carbonyl (C=O) groups excluding carboxylic acids is 1. The van der Waals surface area contributed by atoms with Crippen molar-refractivity contribution >= 4 is 11.6 Å². The molecule has 36 heavy (non-hydrogen) atoms. The van der Waals surface area contributed by atoms with Crippen LogP contribution in [0.3, 0.4) is 0 Å². The van der Waals surface area contributed by atoms with E-state index in [1.54, 1.807) is 4.90 Å². The number of carbonyl (C=O) groups is 1. The van der Waals surface area contributed by atoms with Crippen LogP contribution < -0.4 is 4.90 Å². The van der Waals surface area contributed by atoms with E-state index in [1.807, 2.05) is 109 Å². The first-order valence-corrected chi connectivity index (χ1v) is 12.1. The summed E-state index contributed by atoms with van der Waals surface area (Å²) in [5.74, 6) is -0.383. The van der Waals surface area contributed by atoms with Gasteiger partial charge in [-0.2, -0.15) is 0 Å². The quantitative estimate of drug-likeness (QED) is 0.310. The van der Waals surface area contributed by atoms with E-state index in [0.717, 1.165) is 16.7 Å². The normalized spacial score (nSPS) is 17.1. The molecular weight excluding hydrogens is 442 g/mol. The van der Waals surface area contributed by atoms with Crippen molar-refractivity contribution < 1.29 is 9.90 Å². The zero-order valence-corrected chi connectivity index (χ0v) is 19.7. The van der Waals surface area contributed by atoms with Crippen LogP contribution in [0.2, 0.25) is 0 Å². The summed E-state index contributed by atoms with van der Waals surface area (Å²) in [7, 11) is 0. The van der Waals surface area contributed by atoms with E-state index in [1.165, 1.54) is 0 Å². The van der Waals surface area contributed by atoms with Crippen LogP contribution in [0.4, 0.5) is 5.69 Å². The second-order valence-electron chi connectivity index (χ2n) is 9.04. The zero-order valence-electron chi connectivity index (χ0n) is 19.7. The number of amides is 1. The molecular formula is C33H25NO2. The van der Waals surface area contributed by atoms with Gasteiger partial charge in [-0.05, 0) is 28.3 Å². The van der Waals surface area contributed by atoms with E-state index < -0.39 is 11.1 Å². The Labute approximate surface area is 210 Å². The Hall–Kier alpha value is -4.47. The number of hydrogen-bond donors (Lipinski definition) is 1. The smallest absolute Gasteiger partial charge is 0.269 e. The fourth-order valence-electron chi connectivity index (χ4n) is 5.58. The molecule has 1 heterocycles. The minimum Gasteiger partial charge on any atom is -0.372 e. The summed E-state index contributed by atoms with van der Waals surface area (Å²) in [5, 5.41) is 12.3. The van der Waals surface area contributed by atoms with Gasteiger partial charge in [0, 0.05) is 5.56 Å². The Bertz CT molecular complexity index is 1400. The van der Waals surface area contributed by atoms with Gasteiger partial charge in [0.15, 0.2) is 5.60 Å². The maximum atomic E-state index is 14.7. The predicted molar refractivity (Wildman–Crippen MR) is 143 cm³/mol. The predicted octanol–water partition coefficient (Wildman–Crippen LogP) is 6.26. The van der Waals surface area contributed by atoms with Gasteiger partial charge < -0.3 is 5.11 Å². The number of hydrogen-bond acceptors (Lipinski definition) is 2. The highest BCUT2D eigenvalue weighted by molar-refractivity contribution is 6.11. The van der Waals surface area contributed by atoms with Crippen molar-refractivity contribution in [2.24, 2.45) is 0 Å². The molecule has 1 amide bonds. The van der Waals surface area contributed by atoms with Gasteiger partial charge in [0.1, 0.15) is 5.54 Å². The Morgan fingerprint density at radius 3 is 1.39 bits per heavy atom. The number of para-hydroxylation sites is 1. The lowest BCUT2D eigenvalue weighted by atomic mass is 9.75. The highest BCUT2D eigenvalue weighted by atomic mass is 16.3. The summed E-state index contributed by atoms with van der Waals surface area (Å²) in [4.78, 5) is 16.5. The molecule has 5 aromatic rings. The first kappa shape index (κ1) is 22.0. The summed E-state index contributed by atoms with van der Waals surface area (Å²) >= 11 is 0. The molecule has 6 rings (SSSR count). The molecule has 0 saturated carbocycles. The summed E-state index contributed by atoms with van der Waals surface area (Å²) in [6, 6.07) is 47.0. The molecule has 1 N–H and O–H groups in total. The van der Waals surface area contributed by atoms with Crippen molar-refractivity contribution in [3.05, 3.63) is 173 Å². The van der Waals surface area contributed by atoms with Crippen molar-refractivity contribution in [3.63, 3.8) is 0 Å². The first-order valence-electron chi connectivity index (χ1n) is 12.1. The van der Waals surface area contributed by atoms with E-state index in [-0.39, 0.29) is 5.91 Å². The fourth-order valence-corrected chi connectivity index (χ4v) is 5.58. The topological polar surface area (TPSA) is 40.5 Å². The van der Waals surface area contributed by atoms with Crippen molar-refractivity contribution in [3.8, 4) is 0 Å². The Balaban J connectivity index is 1.74. The van der Waals surface area contributed by atoms with Gasteiger partial charge >= 0.3 is 0 Å². The molecule has 0 aromatic heterocycles. The molecule has 174 valence electrons. The van der Waals surface area contributed by atoms with Gasteiger partial charge in [0.05, 0.1) is 5.69 Å². The molecule has 0 aliphatic carbocycles. The minimum atomic E-state index is -1.82. The number of fused-ring (bicyclic) bond motifs is 1. The Kier molecular flexibility index (Phi) is 5.28. The molecule has 1 atom stereocenters. The van der Waals surface area contributed by atoms with Crippen LogP contribution in [0, 0.1) is 0 Å². The van der Waals surface area contributed by atoms with Crippen molar-refractivity contribution in [2.75, 3.05) is 4.90 Å². The van der Waals surface area contributed by atoms with E-state index in [0.29, 0.717) is 16.8 Å². The monoisotopic (exact) mass is 467 g/mol. The van der Waals surface area contributed by atoms with E-state index in [2.05, 4.69) is 36.4 Å². The summed E-state index contributed by atoms with van der Waals surface area (Å²) in [6.45, 7) is 0. The molecule has 1 aliphatic heterocycles. The van der Waals surface area contributed by atoms with Gasteiger partial charge in [-0.1, -0.05) is 140 Å². The van der Waals surface area contributed by atoms with Crippen LogP contribution in [0.5, 0.6) is 0 Å². The van der Waals surface area contributed by atoms with Crippen molar-refractivity contribution in [1.29, 1.82) is 0 Å². The number of anilines is 1. The third-order valence-electron chi connectivity index (χ3n) is 7.15. The second-order valence-corrected chi connectivity index (χ2v) is 9.04. The standard InChI is InChI=1S/C33H25NO2/c35-31-33(36,28-21-11-4-12-22-28)29-23-13-14-24-30(29)34(31)32(25-15-5-1-6-16-25,26-17-7-2-8-18-26)27-19-9-3-10-20-27/h1-24,36H. The Morgan fingerprint density at radius 2 is 0.917 bits per heavy atom. The highest BCUT2D eigenvalue weighted by Gasteiger charge is 2.58. The lowest BCUT2D eigenvalue weighted by Gasteiger charge is -2.44. The maximum Gasteiger partial charge on any atom is 0.269 e. The SMILES string of the molecule is O=C1N(C(c2ccccc2)(c2ccccc2)c2ccccc2)c2ccccc2C1(O)c1ccccc1. The molecule has 5 aromatic carbocycles. The largest absolute Gasteiger partial charge is 0.372 e. The third-order valence-corrected chi connectivity index (χ3v) is 7.15. The number of nitrogens with zero attached hydrogens (tertiary/aromatic N) is 1. The molecule has 1 aliphatic rings. The van der Waals surface area contributed by atoms with Crippen LogP contribution in [-0.2, 0) is 15.9 Å². The van der Waals surface area contributed by atoms with E-state index in [4.69, 9.17) is 0 Å². The van der Waals surface area contributed by atoms with Crippen LogP contribution in [0.25, 0.3) is 0 Å². The summed E-state index contributed by atoms with van der Waals surface area (Å²) < 4.78 is 0. The van der Waals surface area contributed by atoms with Gasteiger partial charge in [-0.15, -0.1) is 0 Å². The van der Waals surface area contributed by atoms with Gasteiger partial charge in [-0.3, -0.25) is 9.69 Å². The van der Waals surface area contributed by atoms with Crippen LogP contribution in [-0.4, -0.2) is 11.0 Å².